The number of rotatable bonds is 3. The molecule has 0 spiro atoms. The highest BCUT2D eigenvalue weighted by Gasteiger charge is 2.13. The molecule has 0 saturated carbocycles. The Balaban J connectivity index is 1.78. The fourth-order valence-corrected chi connectivity index (χ4v) is 2.42. The number of pyridine rings is 1. The number of aromatic nitrogens is 3. The molecule has 4 heteroatoms. The molecule has 18 heavy (non-hydrogen) atoms. The number of anilines is 1. The van der Waals surface area contributed by atoms with E-state index in [2.05, 4.69) is 27.1 Å². The lowest BCUT2D eigenvalue weighted by Crippen LogP contribution is -2.19. The summed E-state index contributed by atoms with van der Waals surface area (Å²) >= 11 is 0. The molecule has 0 aromatic carbocycles. The maximum Gasteiger partial charge on any atom is 0.128 e. The first-order valence-electron chi connectivity index (χ1n) is 6.51. The average molecular weight is 242 g/mol. The molecule has 0 aliphatic carbocycles. The minimum absolute atomic E-state index is 0.817. The molecule has 0 bridgehead atoms. The normalized spacial score (nSPS) is 15.3. The molecule has 1 aliphatic rings. The van der Waals surface area contributed by atoms with Crippen molar-refractivity contribution in [2.75, 3.05) is 18.0 Å². The molecule has 0 atom stereocenters. The summed E-state index contributed by atoms with van der Waals surface area (Å²) in [5, 5.41) is 4.42. The predicted octanol–water partition coefficient (Wildman–Crippen LogP) is 2.24. The van der Waals surface area contributed by atoms with E-state index >= 15 is 0 Å². The summed E-state index contributed by atoms with van der Waals surface area (Å²) < 4.78 is 1.97. The van der Waals surface area contributed by atoms with Crippen molar-refractivity contribution in [3.8, 4) is 0 Å². The molecule has 1 fully saturated rings. The third-order valence-electron chi connectivity index (χ3n) is 3.36. The maximum atomic E-state index is 4.46. The summed E-state index contributed by atoms with van der Waals surface area (Å²) in [5.74, 6) is 1.11. The molecular formula is C14H18N4. The van der Waals surface area contributed by atoms with Crippen LogP contribution in [-0.2, 0) is 6.54 Å². The number of hydrogen-bond acceptors (Lipinski definition) is 3. The number of nitrogens with zero attached hydrogens (tertiary/aromatic N) is 4. The van der Waals surface area contributed by atoms with Crippen molar-refractivity contribution >= 4 is 5.82 Å². The Bertz CT molecular complexity index is 526. The van der Waals surface area contributed by atoms with Crippen LogP contribution in [0.4, 0.5) is 5.82 Å². The highest BCUT2D eigenvalue weighted by atomic mass is 15.3. The minimum Gasteiger partial charge on any atom is -0.357 e. The van der Waals surface area contributed by atoms with Gasteiger partial charge in [0.25, 0.3) is 0 Å². The molecule has 2 aromatic heterocycles. The van der Waals surface area contributed by atoms with E-state index < -0.39 is 0 Å². The molecule has 0 radical (unpaired) electrons. The summed E-state index contributed by atoms with van der Waals surface area (Å²) in [6.07, 6.45) is 6.49. The van der Waals surface area contributed by atoms with Gasteiger partial charge >= 0.3 is 0 Å². The predicted molar refractivity (Wildman–Crippen MR) is 71.8 cm³/mol. The second kappa shape index (κ2) is 4.80. The van der Waals surface area contributed by atoms with Gasteiger partial charge in [-0.15, -0.1) is 0 Å². The third kappa shape index (κ3) is 2.37. The second-order valence-corrected chi connectivity index (χ2v) is 4.87. The lowest BCUT2D eigenvalue weighted by atomic mass is 10.2. The van der Waals surface area contributed by atoms with E-state index in [1.165, 1.54) is 18.4 Å². The fraction of sp³-hybridized carbons (Fsp3) is 0.429. The SMILES string of the molecule is Cc1ccn(Cc2ccnc(N3CCCC3)c2)n1. The van der Waals surface area contributed by atoms with E-state index in [9.17, 15) is 0 Å². The molecule has 0 unspecified atom stereocenters. The van der Waals surface area contributed by atoms with Crippen LogP contribution in [0.5, 0.6) is 0 Å². The monoisotopic (exact) mass is 242 g/mol. The van der Waals surface area contributed by atoms with Crippen LogP contribution in [0.25, 0.3) is 0 Å². The van der Waals surface area contributed by atoms with Gasteiger partial charge in [0.15, 0.2) is 0 Å². The van der Waals surface area contributed by atoms with E-state index in [1.54, 1.807) is 0 Å². The minimum atomic E-state index is 0.817. The Morgan fingerprint density at radius 1 is 1.22 bits per heavy atom. The van der Waals surface area contributed by atoms with Crippen LogP contribution in [0.15, 0.2) is 30.6 Å². The molecule has 4 nitrogen and oxygen atoms in total. The molecule has 2 aromatic rings. The largest absolute Gasteiger partial charge is 0.357 e. The zero-order chi connectivity index (χ0) is 12.4. The molecule has 1 saturated heterocycles. The zero-order valence-electron chi connectivity index (χ0n) is 10.7. The van der Waals surface area contributed by atoms with Gasteiger partial charge in [-0.2, -0.15) is 5.10 Å². The Labute approximate surface area is 107 Å². The third-order valence-corrected chi connectivity index (χ3v) is 3.36. The second-order valence-electron chi connectivity index (χ2n) is 4.87. The first-order chi connectivity index (χ1) is 8.81. The van der Waals surface area contributed by atoms with Gasteiger partial charge < -0.3 is 4.90 Å². The zero-order valence-corrected chi connectivity index (χ0v) is 10.7. The Hall–Kier alpha value is -1.84. The van der Waals surface area contributed by atoms with Crippen LogP contribution in [0.1, 0.15) is 24.1 Å². The van der Waals surface area contributed by atoms with E-state index in [0.29, 0.717) is 0 Å². The first kappa shape index (κ1) is 11.3. The first-order valence-corrected chi connectivity index (χ1v) is 6.51. The van der Waals surface area contributed by atoms with Crippen LogP contribution < -0.4 is 4.90 Å². The summed E-state index contributed by atoms with van der Waals surface area (Å²) in [6.45, 7) is 5.10. The van der Waals surface area contributed by atoms with Gasteiger partial charge in [-0.1, -0.05) is 0 Å². The van der Waals surface area contributed by atoms with Gasteiger partial charge in [0.2, 0.25) is 0 Å². The molecule has 0 amide bonds. The Morgan fingerprint density at radius 3 is 2.78 bits per heavy atom. The Kier molecular flexibility index (Phi) is 3.00. The van der Waals surface area contributed by atoms with Gasteiger partial charge in [-0.25, -0.2) is 4.98 Å². The maximum absolute atomic E-state index is 4.46. The van der Waals surface area contributed by atoms with Crippen molar-refractivity contribution in [2.45, 2.75) is 26.3 Å². The van der Waals surface area contributed by atoms with Crippen LogP contribution in [-0.4, -0.2) is 27.9 Å². The molecule has 3 rings (SSSR count). The van der Waals surface area contributed by atoms with Gasteiger partial charge in [-0.05, 0) is 43.5 Å². The summed E-state index contributed by atoms with van der Waals surface area (Å²) in [4.78, 5) is 6.82. The van der Waals surface area contributed by atoms with Crippen molar-refractivity contribution < 1.29 is 0 Å². The van der Waals surface area contributed by atoms with Crippen LogP contribution in [0, 0.1) is 6.92 Å². The van der Waals surface area contributed by atoms with Crippen molar-refractivity contribution in [3.63, 3.8) is 0 Å². The topological polar surface area (TPSA) is 34.0 Å². The average Bonchev–Trinajstić information content (AvgIpc) is 3.01. The molecule has 0 N–H and O–H groups in total. The smallest absolute Gasteiger partial charge is 0.128 e. The van der Waals surface area contributed by atoms with Crippen LogP contribution in [0.2, 0.25) is 0 Å². The Morgan fingerprint density at radius 2 is 2.06 bits per heavy atom. The lowest BCUT2D eigenvalue weighted by Gasteiger charge is -2.16. The van der Waals surface area contributed by atoms with Gasteiger partial charge in [0.1, 0.15) is 5.82 Å². The van der Waals surface area contributed by atoms with E-state index in [1.807, 2.05) is 30.1 Å². The van der Waals surface area contributed by atoms with Crippen molar-refractivity contribution in [1.82, 2.24) is 14.8 Å². The molecule has 94 valence electrons. The van der Waals surface area contributed by atoms with Gasteiger partial charge in [0, 0.05) is 25.5 Å². The highest BCUT2D eigenvalue weighted by molar-refractivity contribution is 5.41. The number of hydrogen-bond donors (Lipinski definition) is 0. The molecule has 1 aliphatic heterocycles. The standard InChI is InChI=1S/C14H18N4/c1-12-5-9-18(16-12)11-13-4-6-15-14(10-13)17-7-2-3-8-17/h4-6,9-10H,2-3,7-8,11H2,1H3. The van der Waals surface area contributed by atoms with E-state index in [4.69, 9.17) is 0 Å². The summed E-state index contributed by atoms with van der Waals surface area (Å²) in [7, 11) is 0. The van der Waals surface area contributed by atoms with Gasteiger partial charge in [0.05, 0.1) is 12.2 Å². The lowest BCUT2D eigenvalue weighted by molar-refractivity contribution is 0.678. The fourth-order valence-electron chi connectivity index (χ4n) is 2.42. The van der Waals surface area contributed by atoms with Crippen molar-refractivity contribution in [3.05, 3.63) is 41.9 Å². The van der Waals surface area contributed by atoms with Crippen molar-refractivity contribution in [2.24, 2.45) is 0 Å². The summed E-state index contributed by atoms with van der Waals surface area (Å²) in [6, 6.07) is 6.28. The van der Waals surface area contributed by atoms with Crippen molar-refractivity contribution in [1.29, 1.82) is 0 Å². The molecular weight excluding hydrogens is 224 g/mol. The highest BCUT2D eigenvalue weighted by Crippen LogP contribution is 2.18. The number of aryl methyl sites for hydroxylation is 1. The van der Waals surface area contributed by atoms with Gasteiger partial charge in [-0.3, -0.25) is 4.68 Å². The van der Waals surface area contributed by atoms with Crippen LogP contribution >= 0.6 is 0 Å². The molecule has 3 heterocycles. The van der Waals surface area contributed by atoms with Crippen LogP contribution in [0.3, 0.4) is 0 Å². The summed E-state index contributed by atoms with van der Waals surface area (Å²) in [5.41, 5.74) is 2.32. The van der Waals surface area contributed by atoms with E-state index in [0.717, 1.165) is 31.1 Å². The van der Waals surface area contributed by atoms with E-state index in [-0.39, 0.29) is 0 Å². The quantitative estimate of drug-likeness (QED) is 0.827.